The molecule has 0 aromatic heterocycles. The first-order chi connectivity index (χ1) is 13.3. The molecule has 144 valence electrons. The van der Waals surface area contributed by atoms with Crippen molar-refractivity contribution >= 4 is 32.8 Å². The van der Waals surface area contributed by atoms with E-state index in [1.807, 2.05) is 18.2 Å². The number of esters is 2. The molecule has 0 fully saturated rings. The Balaban J connectivity index is 0.00000300. The van der Waals surface area contributed by atoms with Gasteiger partial charge in [0.2, 0.25) is 0 Å². The van der Waals surface area contributed by atoms with Crippen LogP contribution in [0.1, 0.15) is 20.7 Å². The second-order valence-corrected chi connectivity index (χ2v) is 7.17. The van der Waals surface area contributed by atoms with Crippen molar-refractivity contribution in [3.8, 4) is 11.1 Å². The molecule has 3 rings (SSSR count). The third-order valence-corrected chi connectivity index (χ3v) is 5.04. The number of carbonyl (C=O) groups excluding carboxylic acids is 2. The van der Waals surface area contributed by atoms with Gasteiger partial charge in [-0.2, -0.15) is 8.42 Å². The predicted octanol–water partition coefficient (Wildman–Crippen LogP) is 0.131. The van der Waals surface area contributed by atoms with Crippen LogP contribution in [0.3, 0.4) is 0 Å². The van der Waals surface area contributed by atoms with Gasteiger partial charge in [-0.05, 0) is 27.5 Å². The zero-order valence-corrected chi connectivity index (χ0v) is 18.7. The Hall–Kier alpha value is -2.23. The first kappa shape index (κ1) is 23.1. The molecular formula is C20H15NaO7S. The van der Waals surface area contributed by atoms with Gasteiger partial charge in [0.25, 0.3) is 22.1 Å². The summed E-state index contributed by atoms with van der Waals surface area (Å²) >= 11 is 0. The maximum absolute atomic E-state index is 12.4. The minimum Gasteiger partial charge on any atom is -0.500 e. The largest absolute Gasteiger partial charge is 1.00 e. The molecule has 7 nitrogen and oxygen atoms in total. The van der Waals surface area contributed by atoms with Gasteiger partial charge in [0.15, 0.2) is 0 Å². The summed E-state index contributed by atoms with van der Waals surface area (Å²) in [5.41, 5.74) is -0.397. The average Bonchev–Trinajstić information content (AvgIpc) is 2.70. The Bertz CT molecular complexity index is 1200. The number of carbonyl (C=O) groups is 2. The van der Waals surface area contributed by atoms with Gasteiger partial charge in [-0.3, -0.25) is 14.1 Å². The van der Waals surface area contributed by atoms with E-state index in [1.165, 1.54) is 0 Å². The summed E-state index contributed by atoms with van der Waals surface area (Å²) < 4.78 is 43.4. The molecule has 0 saturated carbocycles. The molecule has 0 saturated heterocycles. The van der Waals surface area contributed by atoms with Crippen molar-refractivity contribution in [1.29, 1.82) is 0 Å². The van der Waals surface area contributed by atoms with Gasteiger partial charge in [-0.1, -0.05) is 54.1 Å². The number of fused-ring (bicyclic) bond motifs is 1. The number of methoxy groups -OCH3 is 2. The van der Waals surface area contributed by atoms with E-state index in [2.05, 4.69) is 10.8 Å². The van der Waals surface area contributed by atoms with Crippen LogP contribution in [0.5, 0.6) is 0 Å². The van der Waals surface area contributed by atoms with Gasteiger partial charge in [0, 0.05) is 4.90 Å². The number of rotatable bonds is 4. The van der Waals surface area contributed by atoms with E-state index in [9.17, 15) is 22.6 Å². The second kappa shape index (κ2) is 9.06. The minimum atomic E-state index is -4.81. The molecule has 0 unspecified atom stereocenters. The zero-order chi connectivity index (χ0) is 20.5. The van der Waals surface area contributed by atoms with Crippen molar-refractivity contribution < 1.29 is 61.6 Å². The summed E-state index contributed by atoms with van der Waals surface area (Å²) in [5, 5.41) is 1.42. The summed E-state index contributed by atoms with van der Waals surface area (Å²) in [7, 11) is -2.61. The Labute approximate surface area is 189 Å². The quantitative estimate of drug-likeness (QED) is 0.276. The van der Waals surface area contributed by atoms with E-state index in [4.69, 9.17) is 4.74 Å². The number of ether oxygens (including phenoxy) is 2. The first-order valence-electron chi connectivity index (χ1n) is 8.00. The molecule has 0 atom stereocenters. The smallest absolute Gasteiger partial charge is 0.500 e. The van der Waals surface area contributed by atoms with E-state index in [1.54, 1.807) is 24.3 Å². The van der Waals surface area contributed by atoms with Crippen LogP contribution in [-0.4, -0.2) is 39.1 Å². The molecule has 0 aliphatic carbocycles. The minimum absolute atomic E-state index is 0. The van der Waals surface area contributed by atoms with Gasteiger partial charge in [0.05, 0.1) is 14.2 Å². The van der Waals surface area contributed by atoms with Crippen molar-refractivity contribution in [1.82, 2.24) is 0 Å². The maximum atomic E-state index is 12.4. The first-order valence-corrected chi connectivity index (χ1v) is 9.44. The Morgan fingerprint density at radius 2 is 1.59 bits per heavy atom. The van der Waals surface area contributed by atoms with Crippen LogP contribution in [0.15, 0.2) is 53.4 Å². The van der Waals surface area contributed by atoms with Crippen molar-refractivity contribution in [2.75, 3.05) is 14.2 Å². The summed E-state index contributed by atoms with van der Waals surface area (Å²) in [6.07, 6.45) is 0. The third kappa shape index (κ3) is 4.52. The second-order valence-electron chi connectivity index (χ2n) is 5.78. The van der Waals surface area contributed by atoms with Gasteiger partial charge in [-0.25, -0.2) is 0 Å². The van der Waals surface area contributed by atoms with Crippen LogP contribution < -0.4 is 29.6 Å². The molecule has 3 aromatic rings. The van der Waals surface area contributed by atoms with Crippen molar-refractivity contribution in [2.24, 2.45) is 0 Å². The van der Waals surface area contributed by atoms with E-state index in [0.717, 1.165) is 25.7 Å². The molecule has 0 radical (unpaired) electrons. The Morgan fingerprint density at radius 1 is 0.966 bits per heavy atom. The van der Waals surface area contributed by atoms with Crippen LogP contribution in [-0.2, 0) is 19.6 Å². The summed E-state index contributed by atoms with van der Waals surface area (Å²) in [4.78, 5) is 23.7. The van der Waals surface area contributed by atoms with Crippen molar-refractivity contribution in [3.05, 3.63) is 65.7 Å². The van der Waals surface area contributed by atoms with E-state index >= 15 is 0 Å². The predicted molar refractivity (Wildman–Crippen MR) is 101 cm³/mol. The molecule has 0 heterocycles. The summed E-state index contributed by atoms with van der Waals surface area (Å²) in [5.74, 6) is -1.84. The Kier molecular flexibility index (Phi) is 7.20. The number of hydrogen-bond acceptors (Lipinski definition) is 6. The molecule has 0 amide bonds. The van der Waals surface area contributed by atoms with Gasteiger partial charge in [-0.15, -0.1) is 6.07 Å². The number of hydrogen-bond donors (Lipinski definition) is 1. The van der Waals surface area contributed by atoms with Crippen LogP contribution >= 0.6 is 0 Å². The van der Waals surface area contributed by atoms with Crippen LogP contribution in [0.2, 0.25) is 0 Å². The van der Waals surface area contributed by atoms with Crippen LogP contribution in [0.25, 0.3) is 21.9 Å². The van der Waals surface area contributed by atoms with Gasteiger partial charge in [0.1, 0.15) is 0 Å². The summed E-state index contributed by atoms with van der Waals surface area (Å²) in [6.45, 7) is 0. The topological polar surface area (TPSA) is 107 Å². The molecule has 0 aliphatic heterocycles. The maximum Gasteiger partial charge on any atom is 1.00 e. The average molecular weight is 422 g/mol. The molecule has 9 heteroatoms. The van der Waals surface area contributed by atoms with Crippen LogP contribution in [0.4, 0.5) is 0 Å². The molecular weight excluding hydrogens is 407 g/mol. The van der Waals surface area contributed by atoms with E-state index < -0.39 is 27.0 Å². The molecule has 0 aliphatic rings. The van der Waals surface area contributed by atoms with Gasteiger partial charge >= 0.3 is 29.6 Å². The third-order valence-electron chi connectivity index (χ3n) is 4.16. The Morgan fingerprint density at radius 3 is 2.21 bits per heavy atom. The molecule has 29 heavy (non-hydrogen) atoms. The number of benzene rings is 3. The molecule has 0 bridgehead atoms. The van der Waals surface area contributed by atoms with Crippen molar-refractivity contribution in [3.63, 3.8) is 0 Å². The van der Waals surface area contributed by atoms with Gasteiger partial charge < -0.3 is 9.47 Å². The molecule has 0 spiro atoms. The molecule has 1 N–H and O–H groups in total. The SMILES string of the molecule is COC(=O)c1[c-]c(C(=O)OC)c(-c2cccc3ccccc23)c(S(=O)(=O)O)c1.[Na+]. The fraction of sp³-hybridized carbons (Fsp3) is 0.100. The normalized spacial score (nSPS) is 10.9. The van der Waals surface area contributed by atoms with Crippen LogP contribution in [0, 0.1) is 6.07 Å². The fourth-order valence-electron chi connectivity index (χ4n) is 2.95. The fourth-order valence-corrected chi connectivity index (χ4v) is 3.69. The van der Waals surface area contributed by atoms with E-state index in [0.29, 0.717) is 10.9 Å². The standard InChI is InChI=1S/C20H15O7S.Na/c1-26-19(21)13-10-16(20(22)27-2)18(17(11-13)28(23,24)25)15-9-5-7-12-6-3-4-8-14(12)15;/h3-9,11H,1-2H3,(H,23,24,25);/q-1;+1. The zero-order valence-electron chi connectivity index (χ0n) is 15.9. The summed E-state index contributed by atoms with van der Waals surface area (Å²) in [6, 6.07) is 15.7. The monoisotopic (exact) mass is 422 g/mol. The van der Waals surface area contributed by atoms with E-state index in [-0.39, 0.29) is 46.2 Å². The van der Waals surface area contributed by atoms with Crippen molar-refractivity contribution in [2.45, 2.75) is 4.90 Å². The molecule has 3 aromatic carbocycles.